The van der Waals surface area contributed by atoms with Crippen LogP contribution in [0, 0.1) is 0 Å². The Hall–Kier alpha value is -1.71. The zero-order chi connectivity index (χ0) is 12.8. The summed E-state index contributed by atoms with van der Waals surface area (Å²) < 4.78 is 5.67. The van der Waals surface area contributed by atoms with Gasteiger partial charge in [0.25, 0.3) is 0 Å². The molecule has 0 aliphatic carbocycles. The molecule has 0 bridgehead atoms. The van der Waals surface area contributed by atoms with Gasteiger partial charge in [-0.05, 0) is 25.5 Å². The number of benzene rings is 1. The number of ether oxygens (including phenoxy) is 1. The lowest BCUT2D eigenvalue weighted by Gasteiger charge is -2.17. The molecule has 1 unspecified atom stereocenters. The third kappa shape index (κ3) is 4.76. The van der Waals surface area contributed by atoms with Crippen molar-refractivity contribution in [3.63, 3.8) is 0 Å². The molecule has 0 aliphatic rings. The van der Waals surface area contributed by atoms with Gasteiger partial charge in [-0.1, -0.05) is 6.07 Å². The van der Waals surface area contributed by atoms with Crippen molar-refractivity contribution in [2.45, 2.75) is 25.9 Å². The van der Waals surface area contributed by atoms with Gasteiger partial charge in [0.1, 0.15) is 5.75 Å². The summed E-state index contributed by atoms with van der Waals surface area (Å²) in [6.07, 6.45) is 0.555. The fourth-order valence-corrected chi connectivity index (χ4v) is 1.45. The number of hydrogen-bond donors (Lipinski definition) is 1. The highest BCUT2D eigenvalue weighted by Crippen LogP contribution is 2.21. The van der Waals surface area contributed by atoms with Crippen LogP contribution in [0.1, 0.15) is 19.8 Å². The van der Waals surface area contributed by atoms with Crippen LogP contribution in [0.4, 0.5) is 5.69 Å². The van der Waals surface area contributed by atoms with Crippen LogP contribution in [0.2, 0.25) is 0 Å². The first-order valence-electron chi connectivity index (χ1n) is 5.65. The minimum atomic E-state index is -0.789. The van der Waals surface area contributed by atoms with E-state index in [0.717, 1.165) is 11.4 Å². The quantitative estimate of drug-likeness (QED) is 0.825. The van der Waals surface area contributed by atoms with E-state index in [1.807, 2.05) is 50.2 Å². The maximum atomic E-state index is 10.4. The molecule has 17 heavy (non-hydrogen) atoms. The third-order valence-corrected chi connectivity index (χ3v) is 2.44. The van der Waals surface area contributed by atoms with Crippen LogP contribution in [0.25, 0.3) is 0 Å². The van der Waals surface area contributed by atoms with Gasteiger partial charge in [0.2, 0.25) is 0 Å². The number of carbonyl (C=O) groups is 1. The predicted octanol–water partition coefficient (Wildman–Crippen LogP) is 2.38. The van der Waals surface area contributed by atoms with Gasteiger partial charge in [-0.15, -0.1) is 0 Å². The monoisotopic (exact) mass is 237 g/mol. The Morgan fingerprint density at radius 2 is 2.18 bits per heavy atom. The zero-order valence-corrected chi connectivity index (χ0v) is 10.5. The number of carboxylic acids is 1. The Kier molecular flexibility index (Phi) is 4.82. The first-order chi connectivity index (χ1) is 7.99. The summed E-state index contributed by atoms with van der Waals surface area (Å²) in [6, 6.07) is 7.74. The molecule has 4 nitrogen and oxygen atoms in total. The van der Waals surface area contributed by atoms with Gasteiger partial charge in [-0.3, -0.25) is 4.79 Å². The number of carboxylic acid groups (broad SMARTS) is 1. The number of hydrogen-bond acceptors (Lipinski definition) is 3. The topological polar surface area (TPSA) is 49.8 Å². The molecule has 0 amide bonds. The molecule has 0 radical (unpaired) electrons. The minimum Gasteiger partial charge on any atom is -0.491 e. The van der Waals surface area contributed by atoms with Crippen LogP contribution in [0.15, 0.2) is 24.3 Å². The van der Waals surface area contributed by atoms with Crippen molar-refractivity contribution in [1.82, 2.24) is 0 Å². The summed E-state index contributed by atoms with van der Waals surface area (Å²) in [7, 11) is 3.93. The van der Waals surface area contributed by atoms with Crippen LogP contribution in [0.3, 0.4) is 0 Å². The highest BCUT2D eigenvalue weighted by atomic mass is 16.5. The summed E-state index contributed by atoms with van der Waals surface area (Å²) in [5.74, 6) is -0.0171. The van der Waals surface area contributed by atoms with Crippen LogP contribution in [0.5, 0.6) is 5.75 Å². The fourth-order valence-electron chi connectivity index (χ4n) is 1.45. The smallest absolute Gasteiger partial charge is 0.303 e. The lowest BCUT2D eigenvalue weighted by atomic mass is 10.2. The molecule has 1 rings (SSSR count). The molecule has 0 saturated heterocycles. The second kappa shape index (κ2) is 6.13. The van der Waals surface area contributed by atoms with E-state index in [-0.39, 0.29) is 12.5 Å². The van der Waals surface area contributed by atoms with Gasteiger partial charge in [-0.25, -0.2) is 0 Å². The third-order valence-electron chi connectivity index (χ3n) is 2.44. The average molecular weight is 237 g/mol. The zero-order valence-electron chi connectivity index (χ0n) is 10.5. The lowest BCUT2D eigenvalue weighted by Crippen LogP contribution is -2.14. The molecule has 0 saturated carbocycles. The fraction of sp³-hybridized carbons (Fsp3) is 0.462. The molecule has 1 aromatic rings. The molecule has 1 N–H and O–H groups in total. The second-order valence-electron chi connectivity index (χ2n) is 4.25. The van der Waals surface area contributed by atoms with Gasteiger partial charge in [0, 0.05) is 32.3 Å². The molecule has 0 aliphatic heterocycles. The van der Waals surface area contributed by atoms with Gasteiger partial charge in [0.05, 0.1) is 6.10 Å². The molecule has 1 atom stereocenters. The van der Waals surface area contributed by atoms with Crippen molar-refractivity contribution >= 4 is 11.7 Å². The molecule has 0 spiro atoms. The predicted molar refractivity (Wildman–Crippen MR) is 67.7 cm³/mol. The second-order valence-corrected chi connectivity index (χ2v) is 4.25. The first-order valence-corrected chi connectivity index (χ1v) is 5.65. The minimum absolute atomic E-state index is 0.0940. The van der Waals surface area contributed by atoms with Crippen molar-refractivity contribution in [3.05, 3.63) is 24.3 Å². The molecule has 0 aromatic heterocycles. The maximum Gasteiger partial charge on any atom is 0.303 e. The van der Waals surface area contributed by atoms with Crippen LogP contribution >= 0.6 is 0 Å². The van der Waals surface area contributed by atoms with E-state index in [2.05, 4.69) is 0 Å². The van der Waals surface area contributed by atoms with Crippen LogP contribution in [-0.4, -0.2) is 31.3 Å². The van der Waals surface area contributed by atoms with E-state index in [0.29, 0.717) is 6.42 Å². The normalized spacial score (nSPS) is 11.9. The first kappa shape index (κ1) is 13.4. The Morgan fingerprint density at radius 1 is 1.47 bits per heavy atom. The Bertz CT molecular complexity index is 377. The summed E-state index contributed by atoms with van der Waals surface area (Å²) in [4.78, 5) is 12.4. The van der Waals surface area contributed by atoms with E-state index >= 15 is 0 Å². The van der Waals surface area contributed by atoms with Crippen molar-refractivity contribution in [2.75, 3.05) is 19.0 Å². The highest BCUT2D eigenvalue weighted by Gasteiger charge is 2.07. The van der Waals surface area contributed by atoms with E-state index in [1.54, 1.807) is 0 Å². The summed E-state index contributed by atoms with van der Waals surface area (Å²) in [5.41, 5.74) is 1.06. The van der Waals surface area contributed by atoms with Crippen molar-refractivity contribution in [3.8, 4) is 5.75 Å². The number of rotatable bonds is 6. The highest BCUT2D eigenvalue weighted by molar-refractivity contribution is 5.66. The van der Waals surface area contributed by atoms with Crippen LogP contribution in [-0.2, 0) is 4.79 Å². The van der Waals surface area contributed by atoms with Crippen LogP contribution < -0.4 is 9.64 Å². The molecule has 0 fully saturated rings. The molecule has 94 valence electrons. The van der Waals surface area contributed by atoms with E-state index in [1.165, 1.54) is 0 Å². The van der Waals surface area contributed by atoms with Gasteiger partial charge in [-0.2, -0.15) is 0 Å². The molecular formula is C13H19NO3. The Labute approximate surface area is 102 Å². The van der Waals surface area contributed by atoms with Gasteiger partial charge in [0.15, 0.2) is 0 Å². The van der Waals surface area contributed by atoms with Crippen molar-refractivity contribution < 1.29 is 14.6 Å². The van der Waals surface area contributed by atoms with Crippen molar-refractivity contribution in [1.29, 1.82) is 0 Å². The number of anilines is 1. The van der Waals surface area contributed by atoms with Gasteiger partial charge >= 0.3 is 5.97 Å². The largest absolute Gasteiger partial charge is 0.491 e. The standard InChI is InChI=1S/C13H19NO3/c1-10(7-8-13(15)16)17-12-6-4-5-11(9-12)14(2)3/h4-6,9-10H,7-8H2,1-3H3,(H,15,16). The molecule has 1 aromatic carbocycles. The Morgan fingerprint density at radius 3 is 2.76 bits per heavy atom. The average Bonchev–Trinajstić information content (AvgIpc) is 2.26. The Balaban J connectivity index is 2.55. The maximum absolute atomic E-state index is 10.4. The van der Waals surface area contributed by atoms with E-state index < -0.39 is 5.97 Å². The number of aliphatic carboxylic acids is 1. The molecular weight excluding hydrogens is 218 g/mol. The summed E-state index contributed by atoms with van der Waals surface area (Å²) >= 11 is 0. The summed E-state index contributed by atoms with van der Waals surface area (Å²) in [5, 5.41) is 8.58. The number of nitrogens with zero attached hydrogens (tertiary/aromatic N) is 1. The van der Waals surface area contributed by atoms with E-state index in [9.17, 15) is 4.79 Å². The van der Waals surface area contributed by atoms with Gasteiger partial charge < -0.3 is 14.7 Å². The van der Waals surface area contributed by atoms with E-state index in [4.69, 9.17) is 9.84 Å². The summed E-state index contributed by atoms with van der Waals surface area (Å²) in [6.45, 7) is 1.88. The SMILES string of the molecule is CC(CCC(=O)O)Oc1cccc(N(C)C)c1. The molecule has 0 heterocycles. The molecule has 4 heteroatoms. The lowest BCUT2D eigenvalue weighted by molar-refractivity contribution is -0.137. The van der Waals surface area contributed by atoms with Crippen molar-refractivity contribution in [2.24, 2.45) is 0 Å².